The second-order valence-electron chi connectivity index (χ2n) is 5.99. The minimum absolute atomic E-state index is 0.0537. The van der Waals surface area contributed by atoms with Crippen LogP contribution in [0.25, 0.3) is 0 Å². The fourth-order valence-corrected chi connectivity index (χ4v) is 2.75. The second-order valence-corrected chi connectivity index (χ2v) is 5.99. The highest BCUT2D eigenvalue weighted by Crippen LogP contribution is 2.32. The number of β-amino-alcohol motifs (C(OH)–C–C–N with tert-alkyl or cyclic N) is 1. The van der Waals surface area contributed by atoms with Crippen LogP contribution in [0.4, 0.5) is 11.4 Å². The van der Waals surface area contributed by atoms with Crippen molar-refractivity contribution in [1.29, 1.82) is 0 Å². The van der Waals surface area contributed by atoms with Crippen molar-refractivity contribution in [3.8, 4) is 0 Å². The van der Waals surface area contributed by atoms with Gasteiger partial charge in [-0.3, -0.25) is 4.79 Å². The second kappa shape index (κ2) is 7.61. The van der Waals surface area contributed by atoms with E-state index in [0.717, 1.165) is 24.3 Å². The maximum atomic E-state index is 11.9. The van der Waals surface area contributed by atoms with E-state index >= 15 is 0 Å². The summed E-state index contributed by atoms with van der Waals surface area (Å²) in [5.41, 5.74) is 1.92. The van der Waals surface area contributed by atoms with E-state index in [0.29, 0.717) is 19.7 Å². The Labute approximate surface area is 132 Å². The van der Waals surface area contributed by atoms with Crippen LogP contribution in [-0.4, -0.2) is 49.5 Å². The highest BCUT2D eigenvalue weighted by atomic mass is 16.5. The molecule has 122 valence electrons. The summed E-state index contributed by atoms with van der Waals surface area (Å²) in [5, 5.41) is 10.2. The molecule has 1 atom stereocenters. The normalized spacial score (nSPS) is 16.4. The van der Waals surface area contributed by atoms with Crippen LogP contribution >= 0.6 is 0 Å². The van der Waals surface area contributed by atoms with Gasteiger partial charge >= 0.3 is 0 Å². The first-order chi connectivity index (χ1) is 10.5. The van der Waals surface area contributed by atoms with Gasteiger partial charge in [-0.2, -0.15) is 0 Å². The monoisotopic (exact) mass is 306 g/mol. The number of rotatable bonds is 5. The number of nitrogens with zero attached hydrogens (tertiary/aromatic N) is 2. The lowest BCUT2D eigenvalue weighted by Gasteiger charge is -2.28. The summed E-state index contributed by atoms with van der Waals surface area (Å²) in [4.78, 5) is 15.8. The minimum atomic E-state index is -0.542. The highest BCUT2D eigenvalue weighted by Gasteiger charge is 2.23. The number of fused-ring (bicyclic) bond motifs is 1. The predicted molar refractivity (Wildman–Crippen MR) is 88.4 cm³/mol. The average Bonchev–Trinajstić information content (AvgIpc) is 2.65. The Morgan fingerprint density at radius 2 is 1.95 bits per heavy atom. The van der Waals surface area contributed by atoms with Crippen molar-refractivity contribution in [2.45, 2.75) is 39.4 Å². The van der Waals surface area contributed by atoms with Gasteiger partial charge < -0.3 is 19.6 Å². The third-order valence-electron chi connectivity index (χ3n) is 3.76. The zero-order valence-corrected chi connectivity index (χ0v) is 13.7. The molecule has 0 aliphatic carbocycles. The standard InChI is InChI=1S/C17H26N2O3/c1-13(2)22-12-15(21)11-18-9-6-10-19(14(3)20)17-8-5-4-7-16(17)18/h4-5,7-8,13,15,21H,6,9-12H2,1-3H3. The Morgan fingerprint density at radius 1 is 1.27 bits per heavy atom. The van der Waals surface area contributed by atoms with E-state index in [9.17, 15) is 9.90 Å². The van der Waals surface area contributed by atoms with E-state index in [2.05, 4.69) is 4.90 Å². The highest BCUT2D eigenvalue weighted by molar-refractivity contribution is 5.95. The zero-order valence-electron chi connectivity index (χ0n) is 13.7. The number of aliphatic hydroxyl groups is 1. The Hall–Kier alpha value is -1.59. The molecule has 1 aromatic rings. The van der Waals surface area contributed by atoms with Crippen molar-refractivity contribution >= 4 is 17.3 Å². The predicted octanol–water partition coefficient (Wildman–Crippen LogP) is 2.04. The van der Waals surface area contributed by atoms with Crippen LogP contribution in [0.1, 0.15) is 27.2 Å². The van der Waals surface area contributed by atoms with Crippen molar-refractivity contribution in [1.82, 2.24) is 0 Å². The van der Waals surface area contributed by atoms with Gasteiger partial charge in [0.25, 0.3) is 0 Å². The third kappa shape index (κ3) is 4.21. The van der Waals surface area contributed by atoms with Gasteiger partial charge in [-0.05, 0) is 32.4 Å². The number of carbonyl (C=O) groups excluding carboxylic acids is 1. The largest absolute Gasteiger partial charge is 0.389 e. The van der Waals surface area contributed by atoms with Gasteiger partial charge in [-0.25, -0.2) is 0 Å². The van der Waals surface area contributed by atoms with Gasteiger partial charge in [0.15, 0.2) is 0 Å². The molecule has 1 amide bonds. The van der Waals surface area contributed by atoms with Gasteiger partial charge in [0, 0.05) is 26.6 Å². The average molecular weight is 306 g/mol. The number of carbonyl (C=O) groups is 1. The number of aliphatic hydroxyl groups excluding tert-OH is 1. The Bertz CT molecular complexity index is 504. The number of ether oxygens (including phenoxy) is 1. The van der Waals surface area contributed by atoms with Gasteiger partial charge in [0.2, 0.25) is 5.91 Å². The number of benzene rings is 1. The molecule has 5 heteroatoms. The Kier molecular flexibility index (Phi) is 5.80. The maximum Gasteiger partial charge on any atom is 0.223 e. The third-order valence-corrected chi connectivity index (χ3v) is 3.76. The molecule has 1 aliphatic heterocycles. The zero-order chi connectivity index (χ0) is 16.1. The number of hydrogen-bond acceptors (Lipinski definition) is 4. The molecule has 0 radical (unpaired) electrons. The maximum absolute atomic E-state index is 11.9. The quantitative estimate of drug-likeness (QED) is 0.904. The van der Waals surface area contributed by atoms with Crippen molar-refractivity contribution in [3.63, 3.8) is 0 Å². The lowest BCUT2D eigenvalue weighted by Crippen LogP contribution is -2.36. The van der Waals surface area contributed by atoms with E-state index in [1.165, 1.54) is 0 Å². The summed E-state index contributed by atoms with van der Waals surface area (Å²) < 4.78 is 5.48. The molecule has 0 fully saturated rings. The molecule has 1 N–H and O–H groups in total. The minimum Gasteiger partial charge on any atom is -0.389 e. The molecular weight excluding hydrogens is 280 g/mol. The summed E-state index contributed by atoms with van der Waals surface area (Å²) in [5.74, 6) is 0.0537. The van der Waals surface area contributed by atoms with Crippen molar-refractivity contribution in [2.24, 2.45) is 0 Å². The molecule has 0 saturated heterocycles. The molecule has 2 rings (SSSR count). The Morgan fingerprint density at radius 3 is 2.59 bits per heavy atom. The van der Waals surface area contributed by atoms with Gasteiger partial charge in [-0.1, -0.05) is 12.1 Å². The first-order valence-corrected chi connectivity index (χ1v) is 7.90. The van der Waals surface area contributed by atoms with Crippen molar-refractivity contribution in [3.05, 3.63) is 24.3 Å². The molecule has 1 aromatic carbocycles. The lowest BCUT2D eigenvalue weighted by atomic mass is 10.2. The molecule has 1 heterocycles. The summed E-state index contributed by atoms with van der Waals surface area (Å²) >= 11 is 0. The SMILES string of the molecule is CC(=O)N1CCCN(CC(O)COC(C)C)c2ccccc21. The van der Waals surface area contributed by atoms with E-state index in [1.54, 1.807) is 6.92 Å². The topological polar surface area (TPSA) is 53.0 Å². The van der Waals surface area contributed by atoms with Gasteiger partial charge in [0.05, 0.1) is 30.2 Å². The van der Waals surface area contributed by atoms with Crippen LogP contribution in [0.2, 0.25) is 0 Å². The number of anilines is 2. The van der Waals surface area contributed by atoms with E-state index in [1.807, 2.05) is 43.0 Å². The lowest BCUT2D eigenvalue weighted by molar-refractivity contribution is -0.116. The molecule has 0 aromatic heterocycles. The molecule has 22 heavy (non-hydrogen) atoms. The first kappa shape index (κ1) is 16.8. The first-order valence-electron chi connectivity index (χ1n) is 7.90. The van der Waals surface area contributed by atoms with Gasteiger partial charge in [0.1, 0.15) is 0 Å². The summed E-state index contributed by atoms with van der Waals surface area (Å²) in [7, 11) is 0. The van der Waals surface area contributed by atoms with Crippen molar-refractivity contribution < 1.29 is 14.6 Å². The molecule has 0 spiro atoms. The van der Waals surface area contributed by atoms with Crippen molar-refractivity contribution in [2.75, 3.05) is 36.0 Å². The van der Waals surface area contributed by atoms with E-state index in [4.69, 9.17) is 4.74 Å². The van der Waals surface area contributed by atoms with Crippen LogP contribution in [0, 0.1) is 0 Å². The number of hydrogen-bond donors (Lipinski definition) is 1. The van der Waals surface area contributed by atoms with Crippen LogP contribution in [0.5, 0.6) is 0 Å². The fraction of sp³-hybridized carbons (Fsp3) is 0.588. The molecule has 5 nitrogen and oxygen atoms in total. The van der Waals surface area contributed by atoms with E-state index < -0.39 is 6.10 Å². The van der Waals surface area contributed by atoms with Crippen LogP contribution < -0.4 is 9.80 Å². The molecule has 1 unspecified atom stereocenters. The molecule has 0 bridgehead atoms. The number of para-hydroxylation sites is 2. The molecule has 0 saturated carbocycles. The number of amides is 1. The summed E-state index contributed by atoms with van der Waals surface area (Å²) in [6, 6.07) is 7.88. The Balaban J connectivity index is 2.14. The van der Waals surface area contributed by atoms with Crippen LogP contribution in [0.15, 0.2) is 24.3 Å². The summed E-state index contributed by atoms with van der Waals surface area (Å²) in [6.07, 6.45) is 0.449. The smallest absolute Gasteiger partial charge is 0.223 e. The molecule has 1 aliphatic rings. The summed E-state index contributed by atoms with van der Waals surface area (Å²) in [6.45, 7) is 7.87. The van der Waals surface area contributed by atoms with E-state index in [-0.39, 0.29) is 12.0 Å². The van der Waals surface area contributed by atoms with Crippen LogP contribution in [-0.2, 0) is 9.53 Å². The van der Waals surface area contributed by atoms with Gasteiger partial charge in [-0.15, -0.1) is 0 Å². The van der Waals surface area contributed by atoms with Crippen LogP contribution in [0.3, 0.4) is 0 Å². The molecular formula is C17H26N2O3. The fourth-order valence-electron chi connectivity index (χ4n) is 2.75.